The Kier molecular flexibility index (Phi) is 4.85. The van der Waals surface area contributed by atoms with E-state index in [1.54, 1.807) is 0 Å². The topological polar surface area (TPSA) is 96.5 Å². The minimum absolute atomic E-state index is 0.0112. The zero-order valence-electron chi connectivity index (χ0n) is 11.0. The van der Waals surface area contributed by atoms with Crippen LogP contribution in [0.1, 0.15) is 25.7 Å². The van der Waals surface area contributed by atoms with Crippen LogP contribution in [0.4, 0.5) is 5.82 Å². The molecule has 20 heavy (non-hydrogen) atoms. The van der Waals surface area contributed by atoms with E-state index in [4.69, 9.17) is 22.4 Å². The van der Waals surface area contributed by atoms with Gasteiger partial charge in [0, 0.05) is 18.8 Å². The third kappa shape index (κ3) is 3.06. The highest BCUT2D eigenvalue weighted by molar-refractivity contribution is 7.89. The van der Waals surface area contributed by atoms with Crippen LogP contribution in [0.15, 0.2) is 17.2 Å². The molecule has 1 aromatic heterocycles. The lowest BCUT2D eigenvalue weighted by Gasteiger charge is -2.27. The summed E-state index contributed by atoms with van der Waals surface area (Å²) < 4.78 is 26.6. The minimum atomic E-state index is -3.72. The van der Waals surface area contributed by atoms with Crippen molar-refractivity contribution in [1.82, 2.24) is 9.29 Å². The predicted octanol–water partition coefficient (Wildman–Crippen LogP) is 1.24. The Balaban J connectivity index is 2.36. The second-order valence-electron chi connectivity index (χ2n) is 4.82. The SMILES string of the molecule is Nc1ncc(S(=O)(=O)N(CCO)C2CCCC2)cc1Cl. The average molecular weight is 320 g/mol. The van der Waals surface area contributed by atoms with E-state index in [0.717, 1.165) is 25.7 Å². The van der Waals surface area contributed by atoms with E-state index in [1.165, 1.54) is 16.6 Å². The van der Waals surface area contributed by atoms with Crippen molar-refractivity contribution in [3.05, 3.63) is 17.3 Å². The first-order chi connectivity index (χ1) is 9.46. The number of sulfonamides is 1. The van der Waals surface area contributed by atoms with Gasteiger partial charge in [0.15, 0.2) is 0 Å². The van der Waals surface area contributed by atoms with E-state index >= 15 is 0 Å². The minimum Gasteiger partial charge on any atom is -0.395 e. The molecule has 0 saturated heterocycles. The summed E-state index contributed by atoms with van der Waals surface area (Å²) in [4.78, 5) is 3.80. The molecule has 0 spiro atoms. The van der Waals surface area contributed by atoms with E-state index in [2.05, 4.69) is 4.98 Å². The van der Waals surface area contributed by atoms with E-state index < -0.39 is 10.0 Å². The van der Waals surface area contributed by atoms with Gasteiger partial charge in [0.25, 0.3) is 0 Å². The molecule has 2 rings (SSSR count). The number of aromatic nitrogens is 1. The third-order valence-corrected chi connectivity index (χ3v) is 5.72. The number of pyridine rings is 1. The van der Waals surface area contributed by atoms with Gasteiger partial charge >= 0.3 is 0 Å². The Morgan fingerprint density at radius 3 is 2.65 bits per heavy atom. The van der Waals surface area contributed by atoms with Crippen molar-refractivity contribution in [2.24, 2.45) is 0 Å². The number of nitrogens with two attached hydrogens (primary N) is 1. The Morgan fingerprint density at radius 2 is 2.10 bits per heavy atom. The fourth-order valence-corrected chi connectivity index (χ4v) is 4.38. The molecule has 0 amide bonds. The van der Waals surface area contributed by atoms with Gasteiger partial charge < -0.3 is 10.8 Å². The second kappa shape index (κ2) is 6.26. The maximum atomic E-state index is 12.6. The molecule has 0 bridgehead atoms. The summed E-state index contributed by atoms with van der Waals surface area (Å²) in [7, 11) is -3.72. The largest absolute Gasteiger partial charge is 0.395 e. The van der Waals surface area contributed by atoms with Gasteiger partial charge in [-0.15, -0.1) is 0 Å². The van der Waals surface area contributed by atoms with Gasteiger partial charge in [-0.25, -0.2) is 13.4 Å². The third-order valence-electron chi connectivity index (χ3n) is 3.50. The monoisotopic (exact) mass is 319 g/mol. The maximum Gasteiger partial charge on any atom is 0.244 e. The van der Waals surface area contributed by atoms with Gasteiger partial charge in [0.1, 0.15) is 10.7 Å². The molecular weight excluding hydrogens is 302 g/mol. The van der Waals surface area contributed by atoms with Crippen molar-refractivity contribution in [2.45, 2.75) is 36.6 Å². The van der Waals surface area contributed by atoms with Gasteiger partial charge in [0.05, 0.1) is 11.6 Å². The lowest BCUT2D eigenvalue weighted by Crippen LogP contribution is -2.40. The van der Waals surface area contributed by atoms with E-state index in [-0.39, 0.29) is 34.9 Å². The number of hydrogen-bond donors (Lipinski definition) is 2. The molecule has 0 aliphatic heterocycles. The summed E-state index contributed by atoms with van der Waals surface area (Å²) >= 11 is 5.84. The molecule has 112 valence electrons. The summed E-state index contributed by atoms with van der Waals surface area (Å²) in [6, 6.07) is 1.24. The number of aliphatic hydroxyl groups is 1. The van der Waals surface area contributed by atoms with Crippen LogP contribution < -0.4 is 5.73 Å². The van der Waals surface area contributed by atoms with Crippen LogP contribution in [0.25, 0.3) is 0 Å². The number of nitrogens with zero attached hydrogens (tertiary/aromatic N) is 2. The van der Waals surface area contributed by atoms with Crippen LogP contribution in [0.2, 0.25) is 5.02 Å². The summed E-state index contributed by atoms with van der Waals surface area (Å²) in [6.07, 6.45) is 4.84. The molecule has 3 N–H and O–H groups in total. The zero-order valence-corrected chi connectivity index (χ0v) is 12.6. The van der Waals surface area contributed by atoms with Gasteiger partial charge in [0.2, 0.25) is 10.0 Å². The van der Waals surface area contributed by atoms with E-state index in [9.17, 15) is 8.42 Å². The van der Waals surface area contributed by atoms with Crippen molar-refractivity contribution >= 4 is 27.4 Å². The van der Waals surface area contributed by atoms with Crippen LogP contribution in [0.5, 0.6) is 0 Å². The summed E-state index contributed by atoms with van der Waals surface area (Å²) in [5.41, 5.74) is 5.50. The highest BCUT2D eigenvalue weighted by Gasteiger charge is 2.33. The highest BCUT2D eigenvalue weighted by Crippen LogP contribution is 2.29. The smallest absolute Gasteiger partial charge is 0.244 e. The van der Waals surface area contributed by atoms with Crippen molar-refractivity contribution < 1.29 is 13.5 Å². The predicted molar refractivity (Wildman–Crippen MR) is 76.9 cm³/mol. The van der Waals surface area contributed by atoms with Crippen LogP contribution in [0, 0.1) is 0 Å². The number of nitrogen functional groups attached to an aromatic ring is 1. The molecule has 8 heteroatoms. The van der Waals surface area contributed by atoms with Crippen LogP contribution in [-0.4, -0.2) is 42.0 Å². The Hall–Kier alpha value is -0.890. The summed E-state index contributed by atoms with van der Waals surface area (Å²) in [5.74, 6) is 0.0974. The first-order valence-electron chi connectivity index (χ1n) is 6.50. The number of halogens is 1. The van der Waals surface area contributed by atoms with E-state index in [0.29, 0.717) is 0 Å². The lowest BCUT2D eigenvalue weighted by atomic mass is 10.2. The molecule has 6 nitrogen and oxygen atoms in total. The molecule has 0 radical (unpaired) electrons. The number of aliphatic hydroxyl groups excluding tert-OH is 1. The van der Waals surface area contributed by atoms with E-state index in [1.807, 2.05) is 0 Å². The van der Waals surface area contributed by atoms with Gasteiger partial charge in [-0.2, -0.15) is 4.31 Å². The van der Waals surface area contributed by atoms with Gasteiger partial charge in [-0.05, 0) is 18.9 Å². The molecule has 1 saturated carbocycles. The van der Waals surface area contributed by atoms with Crippen molar-refractivity contribution in [3.8, 4) is 0 Å². The fourth-order valence-electron chi connectivity index (χ4n) is 2.50. The van der Waals surface area contributed by atoms with Crippen LogP contribution in [0.3, 0.4) is 0 Å². The Bertz CT molecular complexity index is 573. The zero-order chi connectivity index (χ0) is 14.8. The Labute approximate surface area is 123 Å². The summed E-state index contributed by atoms with van der Waals surface area (Å²) in [6.45, 7) is -0.138. The summed E-state index contributed by atoms with van der Waals surface area (Å²) in [5, 5.41) is 9.25. The van der Waals surface area contributed by atoms with Crippen molar-refractivity contribution in [3.63, 3.8) is 0 Å². The average Bonchev–Trinajstić information content (AvgIpc) is 2.92. The molecule has 1 heterocycles. The first-order valence-corrected chi connectivity index (χ1v) is 8.32. The normalized spacial score (nSPS) is 16.9. The maximum absolute atomic E-state index is 12.6. The van der Waals surface area contributed by atoms with Gasteiger partial charge in [-0.3, -0.25) is 0 Å². The fraction of sp³-hybridized carbons (Fsp3) is 0.583. The number of rotatable bonds is 5. The second-order valence-corrected chi connectivity index (χ2v) is 7.11. The van der Waals surface area contributed by atoms with Crippen molar-refractivity contribution in [1.29, 1.82) is 0 Å². The Morgan fingerprint density at radius 1 is 1.45 bits per heavy atom. The molecule has 1 aromatic rings. The van der Waals surface area contributed by atoms with Crippen LogP contribution in [-0.2, 0) is 10.0 Å². The van der Waals surface area contributed by atoms with Crippen LogP contribution >= 0.6 is 11.6 Å². The highest BCUT2D eigenvalue weighted by atomic mass is 35.5. The molecule has 1 aliphatic carbocycles. The lowest BCUT2D eigenvalue weighted by molar-refractivity contribution is 0.226. The molecule has 0 aromatic carbocycles. The number of hydrogen-bond acceptors (Lipinski definition) is 5. The molecule has 0 atom stereocenters. The molecular formula is C12H18ClN3O3S. The standard InChI is InChI=1S/C12H18ClN3O3S/c13-11-7-10(8-15-12(11)14)20(18,19)16(5-6-17)9-3-1-2-4-9/h7-9,17H,1-6H2,(H2,14,15). The molecule has 1 fully saturated rings. The van der Waals surface area contributed by atoms with Gasteiger partial charge in [-0.1, -0.05) is 24.4 Å². The number of anilines is 1. The van der Waals surface area contributed by atoms with Crippen molar-refractivity contribution in [2.75, 3.05) is 18.9 Å². The molecule has 1 aliphatic rings. The molecule has 0 unspecified atom stereocenters. The quantitative estimate of drug-likeness (QED) is 0.851. The first kappa shape index (κ1) is 15.5.